The molecule has 0 saturated heterocycles. The van der Waals surface area contributed by atoms with Crippen molar-refractivity contribution in [1.29, 1.82) is 0 Å². The molecule has 1 aromatic carbocycles. The van der Waals surface area contributed by atoms with Crippen LogP contribution in [0.15, 0.2) is 30.3 Å². The standard InChI is InChI=1S/C16H18N4O2S/c1-10-13-9-14(23-16(13)20(2)19-10)15(21)18-11-3-5-12(6-4-11)22-8-7-17/h3-6,9H,7-8,17H2,1-2H3,(H,18,21). The third-order valence-corrected chi connectivity index (χ3v) is 4.62. The summed E-state index contributed by atoms with van der Waals surface area (Å²) in [6.07, 6.45) is 0. The first-order valence-electron chi connectivity index (χ1n) is 7.26. The number of nitrogens with one attached hydrogen (secondary N) is 1. The van der Waals surface area contributed by atoms with Gasteiger partial charge in [0.1, 0.15) is 17.2 Å². The molecule has 6 nitrogen and oxygen atoms in total. The van der Waals surface area contributed by atoms with E-state index in [1.54, 1.807) is 4.68 Å². The van der Waals surface area contributed by atoms with Crippen LogP contribution in [0.5, 0.6) is 5.75 Å². The Morgan fingerprint density at radius 3 is 2.78 bits per heavy atom. The minimum absolute atomic E-state index is 0.124. The minimum atomic E-state index is -0.124. The lowest BCUT2D eigenvalue weighted by atomic mass is 10.2. The number of nitrogens with zero attached hydrogens (tertiary/aromatic N) is 2. The topological polar surface area (TPSA) is 82.2 Å². The Bertz CT molecular complexity index is 801. The lowest BCUT2D eigenvalue weighted by Crippen LogP contribution is -2.11. The Hall–Kier alpha value is -2.38. The smallest absolute Gasteiger partial charge is 0.265 e. The summed E-state index contributed by atoms with van der Waals surface area (Å²) in [5.41, 5.74) is 7.05. The van der Waals surface area contributed by atoms with Gasteiger partial charge in [-0.1, -0.05) is 0 Å². The van der Waals surface area contributed by atoms with Gasteiger partial charge in [-0.15, -0.1) is 11.3 Å². The van der Waals surface area contributed by atoms with Crippen molar-refractivity contribution in [2.24, 2.45) is 12.8 Å². The first kappa shape index (κ1) is 15.5. The van der Waals surface area contributed by atoms with E-state index in [4.69, 9.17) is 10.5 Å². The molecule has 2 heterocycles. The van der Waals surface area contributed by atoms with E-state index >= 15 is 0 Å². The second kappa shape index (κ2) is 6.39. The molecular weight excluding hydrogens is 312 g/mol. The Labute approximate surface area is 137 Å². The van der Waals surface area contributed by atoms with Crippen LogP contribution in [0.25, 0.3) is 10.2 Å². The number of amides is 1. The van der Waals surface area contributed by atoms with Gasteiger partial charge in [0.2, 0.25) is 0 Å². The number of carbonyl (C=O) groups is 1. The quantitative estimate of drug-likeness (QED) is 0.753. The highest BCUT2D eigenvalue weighted by atomic mass is 32.1. The predicted molar refractivity (Wildman–Crippen MR) is 92.3 cm³/mol. The van der Waals surface area contributed by atoms with Crippen molar-refractivity contribution in [3.8, 4) is 5.75 Å². The van der Waals surface area contributed by atoms with Crippen molar-refractivity contribution in [1.82, 2.24) is 9.78 Å². The largest absolute Gasteiger partial charge is 0.492 e. The third kappa shape index (κ3) is 3.20. The zero-order chi connectivity index (χ0) is 16.4. The molecule has 0 radical (unpaired) electrons. The van der Waals surface area contributed by atoms with Gasteiger partial charge >= 0.3 is 0 Å². The van der Waals surface area contributed by atoms with Crippen molar-refractivity contribution >= 4 is 33.1 Å². The highest BCUT2D eigenvalue weighted by Gasteiger charge is 2.15. The van der Waals surface area contributed by atoms with E-state index in [-0.39, 0.29) is 5.91 Å². The second-order valence-corrected chi connectivity index (χ2v) is 6.18. The average molecular weight is 330 g/mol. The molecule has 3 N–H and O–H groups in total. The van der Waals surface area contributed by atoms with Crippen LogP contribution in [0.1, 0.15) is 15.4 Å². The van der Waals surface area contributed by atoms with Gasteiger partial charge in [0, 0.05) is 24.7 Å². The maximum absolute atomic E-state index is 12.4. The number of aryl methyl sites for hydroxylation is 2. The molecule has 0 atom stereocenters. The molecule has 0 fully saturated rings. The summed E-state index contributed by atoms with van der Waals surface area (Å²) in [5, 5.41) is 8.26. The number of benzene rings is 1. The van der Waals surface area contributed by atoms with Crippen LogP contribution in [0, 0.1) is 6.92 Å². The number of hydrogen-bond donors (Lipinski definition) is 2. The molecule has 3 rings (SSSR count). The summed E-state index contributed by atoms with van der Waals surface area (Å²) in [6, 6.07) is 9.12. The number of thiophene rings is 1. The lowest BCUT2D eigenvalue weighted by Gasteiger charge is -2.06. The number of rotatable bonds is 5. The second-order valence-electron chi connectivity index (χ2n) is 5.15. The normalized spacial score (nSPS) is 10.9. The maximum atomic E-state index is 12.4. The van der Waals surface area contributed by atoms with Gasteiger partial charge in [-0.25, -0.2) is 0 Å². The number of aromatic nitrogens is 2. The molecule has 2 aromatic heterocycles. The van der Waals surface area contributed by atoms with E-state index < -0.39 is 0 Å². The van der Waals surface area contributed by atoms with Crippen LogP contribution in [0.2, 0.25) is 0 Å². The van der Waals surface area contributed by atoms with Gasteiger partial charge in [0.25, 0.3) is 5.91 Å². The minimum Gasteiger partial charge on any atom is -0.492 e. The van der Waals surface area contributed by atoms with E-state index in [9.17, 15) is 4.79 Å². The van der Waals surface area contributed by atoms with E-state index in [2.05, 4.69) is 10.4 Å². The van der Waals surface area contributed by atoms with Crippen LogP contribution in [-0.4, -0.2) is 28.8 Å². The summed E-state index contributed by atoms with van der Waals surface area (Å²) < 4.78 is 7.21. The molecule has 0 aliphatic rings. The van der Waals surface area contributed by atoms with Crippen molar-refractivity contribution in [3.05, 3.63) is 40.9 Å². The first-order chi connectivity index (χ1) is 11.1. The number of nitrogens with two attached hydrogens (primary N) is 1. The molecule has 0 spiro atoms. The first-order valence-corrected chi connectivity index (χ1v) is 8.07. The Morgan fingerprint density at radius 2 is 2.13 bits per heavy atom. The van der Waals surface area contributed by atoms with E-state index in [0.717, 1.165) is 27.3 Å². The van der Waals surface area contributed by atoms with Crippen LogP contribution < -0.4 is 15.8 Å². The molecular formula is C16H18N4O2S. The van der Waals surface area contributed by atoms with Crippen molar-refractivity contribution in [3.63, 3.8) is 0 Å². The van der Waals surface area contributed by atoms with Gasteiger partial charge in [0.15, 0.2) is 0 Å². The fourth-order valence-corrected chi connectivity index (χ4v) is 3.34. The highest BCUT2D eigenvalue weighted by Crippen LogP contribution is 2.28. The number of hydrogen-bond acceptors (Lipinski definition) is 5. The number of fused-ring (bicyclic) bond motifs is 1. The zero-order valence-electron chi connectivity index (χ0n) is 13.0. The molecule has 0 aliphatic heterocycles. The molecule has 1 amide bonds. The van der Waals surface area contributed by atoms with Crippen molar-refractivity contribution in [2.45, 2.75) is 6.92 Å². The van der Waals surface area contributed by atoms with Crippen LogP contribution in [0.4, 0.5) is 5.69 Å². The van der Waals surface area contributed by atoms with E-state index in [0.29, 0.717) is 18.0 Å². The summed E-state index contributed by atoms with van der Waals surface area (Å²) in [7, 11) is 1.88. The van der Waals surface area contributed by atoms with Gasteiger partial charge in [-0.2, -0.15) is 5.10 Å². The lowest BCUT2D eigenvalue weighted by molar-refractivity contribution is 0.103. The predicted octanol–water partition coefficient (Wildman–Crippen LogP) is 2.53. The fraction of sp³-hybridized carbons (Fsp3) is 0.250. The van der Waals surface area contributed by atoms with Gasteiger partial charge in [-0.05, 0) is 37.3 Å². The molecule has 23 heavy (non-hydrogen) atoms. The van der Waals surface area contributed by atoms with Gasteiger partial charge in [0.05, 0.1) is 10.6 Å². The maximum Gasteiger partial charge on any atom is 0.265 e. The number of anilines is 1. The zero-order valence-corrected chi connectivity index (χ0v) is 13.8. The molecule has 7 heteroatoms. The molecule has 0 bridgehead atoms. The van der Waals surface area contributed by atoms with Crippen LogP contribution >= 0.6 is 11.3 Å². The Balaban J connectivity index is 1.73. The van der Waals surface area contributed by atoms with E-state index in [1.165, 1.54) is 11.3 Å². The summed E-state index contributed by atoms with van der Waals surface area (Å²) in [5.74, 6) is 0.609. The molecule has 0 saturated carbocycles. The molecule has 120 valence electrons. The van der Waals surface area contributed by atoms with E-state index in [1.807, 2.05) is 44.3 Å². The fourth-order valence-electron chi connectivity index (χ4n) is 2.32. The molecule has 0 aliphatic carbocycles. The number of carbonyl (C=O) groups excluding carboxylic acids is 1. The SMILES string of the molecule is Cc1nn(C)c2sc(C(=O)Nc3ccc(OCCN)cc3)cc12. The van der Waals surface area contributed by atoms with Crippen LogP contribution in [-0.2, 0) is 7.05 Å². The van der Waals surface area contributed by atoms with Crippen molar-refractivity contribution in [2.75, 3.05) is 18.5 Å². The summed E-state index contributed by atoms with van der Waals surface area (Å²) in [4.78, 5) is 14.0. The number of ether oxygens (including phenoxy) is 1. The molecule has 0 unspecified atom stereocenters. The summed E-state index contributed by atoms with van der Waals surface area (Å²) in [6.45, 7) is 2.89. The highest BCUT2D eigenvalue weighted by molar-refractivity contribution is 7.20. The van der Waals surface area contributed by atoms with Crippen LogP contribution in [0.3, 0.4) is 0 Å². The molecule has 3 aromatic rings. The Morgan fingerprint density at radius 1 is 1.39 bits per heavy atom. The third-order valence-electron chi connectivity index (χ3n) is 3.42. The summed E-state index contributed by atoms with van der Waals surface area (Å²) >= 11 is 1.44. The van der Waals surface area contributed by atoms with Gasteiger partial charge in [-0.3, -0.25) is 9.48 Å². The Kier molecular flexibility index (Phi) is 4.31. The van der Waals surface area contributed by atoms with Gasteiger partial charge < -0.3 is 15.8 Å². The van der Waals surface area contributed by atoms with Crippen molar-refractivity contribution < 1.29 is 9.53 Å². The monoisotopic (exact) mass is 330 g/mol. The average Bonchev–Trinajstić information content (AvgIpc) is 3.09.